The second-order valence-corrected chi connectivity index (χ2v) is 7.99. The van der Waals surface area contributed by atoms with Crippen LogP contribution in [-0.2, 0) is 20.8 Å². The molecule has 0 aromatic heterocycles. The molecule has 8 heteroatoms. The second kappa shape index (κ2) is 6.02. The number of carbonyl (C=O) groups is 1. The van der Waals surface area contributed by atoms with Gasteiger partial charge in [0.2, 0.25) is 10.0 Å². The Bertz CT molecular complexity index is 631. The monoisotopic (exact) mass is 317 g/mol. The van der Waals surface area contributed by atoms with Gasteiger partial charge in [-0.3, -0.25) is 4.21 Å². The molecule has 0 aliphatic carbocycles. The first-order chi connectivity index (χ1) is 9.38. The topological polar surface area (TPSA) is 101 Å². The van der Waals surface area contributed by atoms with E-state index in [2.05, 4.69) is 4.72 Å². The minimum Gasteiger partial charge on any atom is -0.478 e. The lowest BCUT2D eigenvalue weighted by Crippen LogP contribution is -2.39. The first kappa shape index (κ1) is 15.1. The van der Waals surface area contributed by atoms with Crippen molar-refractivity contribution in [1.29, 1.82) is 0 Å². The van der Waals surface area contributed by atoms with Crippen molar-refractivity contribution in [1.82, 2.24) is 4.72 Å². The first-order valence-electron chi connectivity index (χ1n) is 6.09. The van der Waals surface area contributed by atoms with Gasteiger partial charge in [0.05, 0.1) is 10.5 Å². The maximum absolute atomic E-state index is 12.2. The molecular formula is C12H15NO5S2. The molecule has 0 amide bonds. The van der Waals surface area contributed by atoms with Crippen molar-refractivity contribution in [2.24, 2.45) is 0 Å². The average Bonchev–Trinajstić information content (AvgIpc) is 2.41. The highest BCUT2D eigenvalue weighted by molar-refractivity contribution is 7.89. The summed E-state index contributed by atoms with van der Waals surface area (Å²) in [5.41, 5.74) is -0.0716. The van der Waals surface area contributed by atoms with Crippen molar-refractivity contribution in [2.45, 2.75) is 23.8 Å². The Morgan fingerprint density at radius 3 is 2.55 bits per heavy atom. The van der Waals surface area contributed by atoms with E-state index in [0.717, 1.165) is 6.07 Å². The summed E-state index contributed by atoms with van der Waals surface area (Å²) in [5, 5.41) is 8.88. The van der Waals surface area contributed by atoms with Gasteiger partial charge in [0.15, 0.2) is 0 Å². The van der Waals surface area contributed by atoms with Crippen LogP contribution in [0.2, 0.25) is 0 Å². The van der Waals surface area contributed by atoms with Crippen LogP contribution in [0.3, 0.4) is 0 Å². The Hall–Kier alpha value is -1.25. The Kier molecular flexibility index (Phi) is 4.56. The van der Waals surface area contributed by atoms with E-state index in [9.17, 15) is 17.4 Å². The quantitative estimate of drug-likeness (QED) is 0.846. The molecule has 2 N–H and O–H groups in total. The highest BCUT2D eigenvalue weighted by Crippen LogP contribution is 2.16. The van der Waals surface area contributed by atoms with Crippen molar-refractivity contribution in [3.05, 3.63) is 29.8 Å². The summed E-state index contributed by atoms with van der Waals surface area (Å²) in [6, 6.07) is 4.98. The third-order valence-electron chi connectivity index (χ3n) is 3.10. The molecule has 1 aromatic carbocycles. The Morgan fingerprint density at radius 1 is 1.30 bits per heavy atom. The predicted molar refractivity (Wildman–Crippen MR) is 74.6 cm³/mol. The molecule has 20 heavy (non-hydrogen) atoms. The van der Waals surface area contributed by atoms with Crippen LogP contribution >= 0.6 is 0 Å². The van der Waals surface area contributed by atoms with E-state index in [4.69, 9.17) is 5.11 Å². The Balaban J connectivity index is 2.16. The van der Waals surface area contributed by atoms with Crippen LogP contribution in [0.15, 0.2) is 29.2 Å². The van der Waals surface area contributed by atoms with Crippen LogP contribution in [0, 0.1) is 0 Å². The lowest BCUT2D eigenvalue weighted by atomic mass is 10.2. The summed E-state index contributed by atoms with van der Waals surface area (Å²) in [6.07, 6.45) is 1.06. The molecule has 110 valence electrons. The minimum atomic E-state index is -3.75. The Labute approximate surface area is 119 Å². The highest BCUT2D eigenvalue weighted by atomic mass is 32.2. The molecule has 1 heterocycles. The number of rotatable bonds is 4. The van der Waals surface area contributed by atoms with Crippen molar-refractivity contribution in [3.63, 3.8) is 0 Å². The van der Waals surface area contributed by atoms with Crippen molar-refractivity contribution in [2.75, 3.05) is 11.5 Å². The number of aromatic carboxylic acids is 1. The van der Waals surface area contributed by atoms with Crippen LogP contribution in [0.25, 0.3) is 0 Å². The molecule has 0 bridgehead atoms. The van der Waals surface area contributed by atoms with E-state index in [0.29, 0.717) is 24.3 Å². The van der Waals surface area contributed by atoms with E-state index < -0.39 is 26.8 Å². The fourth-order valence-corrected chi connectivity index (χ4v) is 4.64. The van der Waals surface area contributed by atoms with Crippen LogP contribution in [-0.4, -0.2) is 41.3 Å². The van der Waals surface area contributed by atoms with Gasteiger partial charge in [-0.15, -0.1) is 0 Å². The van der Waals surface area contributed by atoms with E-state index in [1.807, 2.05) is 0 Å². The van der Waals surface area contributed by atoms with Crippen LogP contribution in [0.1, 0.15) is 23.2 Å². The molecular weight excluding hydrogens is 302 g/mol. The summed E-state index contributed by atoms with van der Waals surface area (Å²) < 4.78 is 38.1. The van der Waals surface area contributed by atoms with Gasteiger partial charge in [-0.1, -0.05) is 6.07 Å². The Morgan fingerprint density at radius 2 is 1.95 bits per heavy atom. The number of nitrogens with one attached hydrogen (secondary N) is 1. The van der Waals surface area contributed by atoms with Gasteiger partial charge >= 0.3 is 5.97 Å². The van der Waals surface area contributed by atoms with E-state index in [-0.39, 0.29) is 16.5 Å². The molecule has 0 atom stereocenters. The van der Waals surface area contributed by atoms with Gasteiger partial charge in [-0.25, -0.2) is 17.9 Å². The number of benzene rings is 1. The van der Waals surface area contributed by atoms with Crippen molar-refractivity contribution >= 4 is 26.8 Å². The van der Waals surface area contributed by atoms with Crippen LogP contribution in [0.4, 0.5) is 0 Å². The van der Waals surface area contributed by atoms with Crippen molar-refractivity contribution in [3.8, 4) is 0 Å². The van der Waals surface area contributed by atoms with Gasteiger partial charge in [0.1, 0.15) is 0 Å². The zero-order valence-electron chi connectivity index (χ0n) is 10.6. The van der Waals surface area contributed by atoms with Crippen LogP contribution < -0.4 is 4.72 Å². The number of carboxylic acid groups (broad SMARTS) is 1. The lowest BCUT2D eigenvalue weighted by Gasteiger charge is -2.22. The van der Waals surface area contributed by atoms with Gasteiger partial charge in [0, 0.05) is 28.3 Å². The van der Waals surface area contributed by atoms with Gasteiger partial charge in [0.25, 0.3) is 0 Å². The molecule has 0 spiro atoms. The van der Waals surface area contributed by atoms with E-state index in [1.54, 1.807) is 0 Å². The summed E-state index contributed by atoms with van der Waals surface area (Å²) in [5.74, 6) is -0.194. The molecule has 0 radical (unpaired) electrons. The summed E-state index contributed by atoms with van der Waals surface area (Å²) in [6.45, 7) is 0. The standard InChI is InChI=1S/C12H15NO5S2/c14-12(15)9-2-1-3-11(8-9)20(17,18)13-10-4-6-19(16)7-5-10/h1-3,8,10,13H,4-7H2,(H,14,15). The first-order valence-corrected chi connectivity index (χ1v) is 9.06. The van der Waals surface area contributed by atoms with Crippen LogP contribution in [0.5, 0.6) is 0 Å². The zero-order valence-corrected chi connectivity index (χ0v) is 12.2. The molecule has 1 aromatic rings. The minimum absolute atomic E-state index is 0.0657. The predicted octanol–water partition coefficient (Wildman–Crippen LogP) is 0.574. The maximum atomic E-state index is 12.2. The fraction of sp³-hybridized carbons (Fsp3) is 0.417. The maximum Gasteiger partial charge on any atom is 0.335 e. The summed E-state index contributed by atoms with van der Waals surface area (Å²) >= 11 is 0. The number of hydrogen-bond donors (Lipinski definition) is 2. The van der Waals surface area contributed by atoms with Crippen molar-refractivity contribution < 1.29 is 22.5 Å². The lowest BCUT2D eigenvalue weighted by molar-refractivity contribution is 0.0696. The highest BCUT2D eigenvalue weighted by Gasteiger charge is 2.24. The average molecular weight is 317 g/mol. The van der Waals surface area contributed by atoms with Gasteiger partial charge < -0.3 is 5.11 Å². The number of sulfonamides is 1. The van der Waals surface area contributed by atoms with Gasteiger partial charge in [-0.05, 0) is 31.0 Å². The second-order valence-electron chi connectivity index (χ2n) is 4.58. The summed E-state index contributed by atoms with van der Waals surface area (Å²) in [4.78, 5) is 10.8. The largest absolute Gasteiger partial charge is 0.478 e. The molecule has 1 aliphatic rings. The third-order valence-corrected chi connectivity index (χ3v) is 6.00. The van der Waals surface area contributed by atoms with Gasteiger partial charge in [-0.2, -0.15) is 0 Å². The molecule has 0 unspecified atom stereocenters. The zero-order chi connectivity index (χ0) is 14.8. The summed E-state index contributed by atoms with van der Waals surface area (Å²) in [7, 11) is -4.60. The molecule has 1 saturated heterocycles. The molecule has 2 rings (SSSR count). The third kappa shape index (κ3) is 3.65. The SMILES string of the molecule is O=C(O)c1cccc(S(=O)(=O)NC2CCS(=O)CC2)c1. The normalized spacial score (nSPS) is 23.4. The molecule has 0 saturated carbocycles. The smallest absolute Gasteiger partial charge is 0.335 e. The number of hydrogen-bond acceptors (Lipinski definition) is 4. The number of carboxylic acids is 1. The van der Waals surface area contributed by atoms with E-state index >= 15 is 0 Å². The molecule has 1 aliphatic heterocycles. The molecule has 6 nitrogen and oxygen atoms in total. The molecule has 1 fully saturated rings. The fourth-order valence-electron chi connectivity index (χ4n) is 2.00. The van der Waals surface area contributed by atoms with E-state index in [1.165, 1.54) is 18.2 Å².